The number of halogens is 1. The second kappa shape index (κ2) is 6.40. The van der Waals surface area contributed by atoms with Crippen LogP contribution in [0, 0.1) is 5.82 Å². The quantitative estimate of drug-likeness (QED) is 0.768. The lowest BCUT2D eigenvalue weighted by Gasteiger charge is -2.23. The Kier molecular flexibility index (Phi) is 5.16. The van der Waals surface area contributed by atoms with Gasteiger partial charge in [-0.1, -0.05) is 19.1 Å². The number of anilines is 1. The average Bonchev–Trinajstić information content (AvgIpc) is 2.28. The predicted molar refractivity (Wildman–Crippen MR) is 71.7 cm³/mol. The van der Waals surface area contributed by atoms with Crippen molar-refractivity contribution in [1.29, 1.82) is 0 Å². The number of benzene rings is 1. The van der Waals surface area contributed by atoms with E-state index in [0.717, 1.165) is 18.5 Å². The van der Waals surface area contributed by atoms with Crippen molar-refractivity contribution in [2.45, 2.75) is 26.3 Å². The average molecular weight is 236 g/mol. The Morgan fingerprint density at radius 1 is 1.53 bits per heavy atom. The molecule has 1 aromatic rings. The molecule has 2 nitrogen and oxygen atoms in total. The van der Waals surface area contributed by atoms with Crippen molar-refractivity contribution in [2.24, 2.45) is 5.73 Å². The van der Waals surface area contributed by atoms with Gasteiger partial charge in [-0.15, -0.1) is 6.58 Å². The molecule has 0 spiro atoms. The highest BCUT2D eigenvalue weighted by molar-refractivity contribution is 5.50. The van der Waals surface area contributed by atoms with Gasteiger partial charge in [-0.25, -0.2) is 4.39 Å². The first-order chi connectivity index (χ1) is 8.10. The van der Waals surface area contributed by atoms with Crippen LogP contribution >= 0.6 is 0 Å². The van der Waals surface area contributed by atoms with E-state index in [-0.39, 0.29) is 11.9 Å². The maximum atomic E-state index is 14.0. The van der Waals surface area contributed by atoms with E-state index in [9.17, 15) is 4.39 Å². The van der Waals surface area contributed by atoms with Crippen LogP contribution in [0.4, 0.5) is 10.1 Å². The van der Waals surface area contributed by atoms with E-state index in [1.54, 1.807) is 12.1 Å². The molecule has 0 saturated heterocycles. The van der Waals surface area contributed by atoms with E-state index in [0.29, 0.717) is 12.2 Å². The highest BCUT2D eigenvalue weighted by Crippen LogP contribution is 2.23. The van der Waals surface area contributed by atoms with Crippen LogP contribution in [-0.4, -0.2) is 13.1 Å². The Bertz CT molecular complexity index is 374. The predicted octanol–water partition coefficient (Wildman–Crippen LogP) is 3.25. The molecule has 1 aromatic carbocycles. The summed E-state index contributed by atoms with van der Waals surface area (Å²) in [6.07, 6.45) is 2.76. The van der Waals surface area contributed by atoms with Gasteiger partial charge in [-0.2, -0.15) is 0 Å². The molecular weight excluding hydrogens is 215 g/mol. The van der Waals surface area contributed by atoms with Crippen molar-refractivity contribution in [3.63, 3.8) is 0 Å². The summed E-state index contributed by atoms with van der Waals surface area (Å²) in [6, 6.07) is 5.06. The zero-order chi connectivity index (χ0) is 12.8. The minimum atomic E-state index is -0.213. The molecule has 2 N–H and O–H groups in total. The third-order valence-corrected chi connectivity index (χ3v) is 2.68. The topological polar surface area (TPSA) is 29.3 Å². The van der Waals surface area contributed by atoms with Gasteiger partial charge in [-0.05, 0) is 31.0 Å². The number of hydrogen-bond donors (Lipinski definition) is 1. The summed E-state index contributed by atoms with van der Waals surface area (Å²) in [6.45, 7) is 9.10. The largest absolute Gasteiger partial charge is 0.365 e. The number of nitrogens with two attached hydrogens (primary N) is 1. The van der Waals surface area contributed by atoms with E-state index in [2.05, 4.69) is 13.5 Å². The van der Waals surface area contributed by atoms with E-state index in [1.807, 2.05) is 17.9 Å². The van der Waals surface area contributed by atoms with Gasteiger partial charge in [0.25, 0.3) is 0 Å². The first kappa shape index (κ1) is 13.7. The molecule has 0 unspecified atom stereocenters. The van der Waals surface area contributed by atoms with Crippen molar-refractivity contribution in [3.8, 4) is 0 Å². The molecule has 0 aliphatic heterocycles. The molecule has 0 saturated carbocycles. The fraction of sp³-hybridized carbons (Fsp3) is 0.429. The van der Waals surface area contributed by atoms with Crippen LogP contribution in [0.3, 0.4) is 0 Å². The van der Waals surface area contributed by atoms with Crippen LogP contribution in [-0.2, 0) is 0 Å². The minimum Gasteiger partial charge on any atom is -0.365 e. The molecule has 0 heterocycles. The molecule has 3 heteroatoms. The van der Waals surface area contributed by atoms with Crippen LogP contribution in [0.5, 0.6) is 0 Å². The lowest BCUT2D eigenvalue weighted by Crippen LogP contribution is -2.25. The summed E-state index contributed by atoms with van der Waals surface area (Å²) in [4.78, 5) is 1.98. The third kappa shape index (κ3) is 3.56. The zero-order valence-electron chi connectivity index (χ0n) is 10.6. The van der Waals surface area contributed by atoms with Crippen LogP contribution in [0.1, 0.15) is 31.9 Å². The Balaban J connectivity index is 2.99. The summed E-state index contributed by atoms with van der Waals surface area (Å²) in [5, 5.41) is 0. The van der Waals surface area contributed by atoms with Crippen LogP contribution < -0.4 is 10.6 Å². The van der Waals surface area contributed by atoms with Crippen molar-refractivity contribution in [1.82, 2.24) is 0 Å². The van der Waals surface area contributed by atoms with Gasteiger partial charge in [0.1, 0.15) is 5.82 Å². The van der Waals surface area contributed by atoms with Crippen LogP contribution in [0.25, 0.3) is 0 Å². The van der Waals surface area contributed by atoms with Crippen molar-refractivity contribution in [2.75, 3.05) is 18.0 Å². The van der Waals surface area contributed by atoms with Gasteiger partial charge in [-0.3, -0.25) is 0 Å². The Labute approximate surface area is 103 Å². The maximum absolute atomic E-state index is 14.0. The SMILES string of the molecule is C=CCN(CCC)c1ccc([C@H](C)N)cc1F. The molecular formula is C14H21FN2. The highest BCUT2D eigenvalue weighted by atomic mass is 19.1. The minimum absolute atomic E-state index is 0.141. The van der Waals surface area contributed by atoms with Gasteiger partial charge in [0.15, 0.2) is 0 Å². The van der Waals surface area contributed by atoms with Crippen molar-refractivity contribution >= 4 is 5.69 Å². The number of hydrogen-bond acceptors (Lipinski definition) is 2. The molecule has 0 amide bonds. The van der Waals surface area contributed by atoms with Crippen molar-refractivity contribution in [3.05, 3.63) is 42.2 Å². The molecule has 0 fully saturated rings. The molecule has 0 aliphatic carbocycles. The summed E-state index contributed by atoms with van der Waals surface area (Å²) < 4.78 is 14.0. The smallest absolute Gasteiger partial charge is 0.146 e. The van der Waals surface area contributed by atoms with E-state index in [1.165, 1.54) is 6.07 Å². The molecule has 0 bridgehead atoms. The van der Waals surface area contributed by atoms with Gasteiger partial charge in [0.05, 0.1) is 5.69 Å². The summed E-state index contributed by atoms with van der Waals surface area (Å²) in [7, 11) is 0. The van der Waals surface area contributed by atoms with Gasteiger partial charge < -0.3 is 10.6 Å². The lowest BCUT2D eigenvalue weighted by molar-refractivity contribution is 0.614. The molecule has 0 aliphatic rings. The highest BCUT2D eigenvalue weighted by Gasteiger charge is 2.11. The second-order valence-corrected chi connectivity index (χ2v) is 4.23. The first-order valence-corrected chi connectivity index (χ1v) is 6.01. The monoisotopic (exact) mass is 236 g/mol. The van der Waals surface area contributed by atoms with Crippen LogP contribution in [0.15, 0.2) is 30.9 Å². The molecule has 94 valence electrons. The first-order valence-electron chi connectivity index (χ1n) is 6.01. The summed E-state index contributed by atoms with van der Waals surface area (Å²) in [5.74, 6) is -0.213. The van der Waals surface area contributed by atoms with E-state index in [4.69, 9.17) is 5.73 Å². The lowest BCUT2D eigenvalue weighted by atomic mass is 10.1. The van der Waals surface area contributed by atoms with Crippen LogP contribution in [0.2, 0.25) is 0 Å². The standard InChI is InChI=1S/C14H21FN2/c1-4-8-17(9-5-2)14-7-6-12(11(3)16)10-13(14)15/h4,6-7,10-11H,1,5,8-9,16H2,2-3H3/t11-/m0/s1. The Morgan fingerprint density at radius 2 is 2.24 bits per heavy atom. The van der Waals surface area contributed by atoms with Gasteiger partial charge >= 0.3 is 0 Å². The number of rotatable bonds is 6. The normalized spacial score (nSPS) is 12.2. The number of nitrogens with zero attached hydrogens (tertiary/aromatic N) is 1. The fourth-order valence-corrected chi connectivity index (χ4v) is 1.80. The second-order valence-electron chi connectivity index (χ2n) is 4.23. The van der Waals surface area contributed by atoms with E-state index >= 15 is 0 Å². The van der Waals surface area contributed by atoms with Gasteiger partial charge in [0, 0.05) is 19.1 Å². The molecule has 0 radical (unpaired) electrons. The van der Waals surface area contributed by atoms with Crippen molar-refractivity contribution < 1.29 is 4.39 Å². The summed E-state index contributed by atoms with van der Waals surface area (Å²) in [5.41, 5.74) is 7.17. The Hall–Kier alpha value is -1.35. The molecule has 0 aromatic heterocycles. The summed E-state index contributed by atoms with van der Waals surface area (Å²) >= 11 is 0. The molecule has 1 rings (SSSR count). The maximum Gasteiger partial charge on any atom is 0.146 e. The molecule has 1 atom stereocenters. The fourth-order valence-electron chi connectivity index (χ4n) is 1.80. The molecule has 17 heavy (non-hydrogen) atoms. The zero-order valence-corrected chi connectivity index (χ0v) is 10.6. The van der Waals surface area contributed by atoms with Gasteiger partial charge in [0.2, 0.25) is 0 Å². The Morgan fingerprint density at radius 3 is 2.71 bits per heavy atom. The third-order valence-electron chi connectivity index (χ3n) is 2.68. The van der Waals surface area contributed by atoms with E-state index < -0.39 is 0 Å².